The van der Waals surface area contributed by atoms with E-state index in [4.69, 9.17) is 9.16 Å². The average Bonchev–Trinajstić information content (AvgIpc) is 3.65. The number of fused-ring (bicyclic) bond motifs is 6. The first-order valence-corrected chi connectivity index (χ1v) is 21.6. The van der Waals surface area contributed by atoms with Crippen LogP contribution in [0.2, 0.25) is 19.6 Å². The molecule has 8 nitrogen and oxygen atoms in total. The van der Waals surface area contributed by atoms with Crippen LogP contribution in [0.3, 0.4) is 0 Å². The molecule has 6 aliphatic heterocycles. The number of carbonyl (C=O) groups is 1. The van der Waals surface area contributed by atoms with Gasteiger partial charge in [0.05, 0.1) is 0 Å². The van der Waals surface area contributed by atoms with Gasteiger partial charge in [-0.15, -0.1) is 0 Å². The maximum Gasteiger partial charge on any atom is 0.417 e. The molecule has 6 saturated heterocycles. The average molecular weight is 792 g/mol. The second-order valence-corrected chi connectivity index (χ2v) is 21.0. The van der Waals surface area contributed by atoms with Crippen molar-refractivity contribution in [3.05, 3.63) is 35.9 Å². The van der Waals surface area contributed by atoms with Gasteiger partial charge in [0.2, 0.25) is 0 Å². The lowest BCUT2D eigenvalue weighted by Gasteiger charge is -2.48. The van der Waals surface area contributed by atoms with Crippen molar-refractivity contribution in [3.63, 3.8) is 0 Å². The Morgan fingerprint density at radius 2 is 1.09 bits per heavy atom. The van der Waals surface area contributed by atoms with Crippen molar-refractivity contribution in [1.82, 2.24) is 15.5 Å². The summed E-state index contributed by atoms with van der Waals surface area (Å²) >= 11 is 0. The summed E-state index contributed by atoms with van der Waals surface area (Å²) in [7, 11) is -2.42. The number of amides is 1. The molecular weight excluding hydrogens is 741 g/mol. The minimum absolute atomic E-state index is 0.116. The van der Waals surface area contributed by atoms with Crippen LogP contribution < -0.4 is 10.6 Å². The highest BCUT2D eigenvalue weighted by molar-refractivity contribution is 6.69. The van der Waals surface area contributed by atoms with Crippen LogP contribution in [0.5, 0.6) is 0 Å². The molecule has 1 amide bonds. The second-order valence-electron chi connectivity index (χ2n) is 16.6. The molecule has 302 valence electrons. The van der Waals surface area contributed by atoms with Gasteiger partial charge in [-0.2, -0.15) is 39.5 Å². The maximum atomic E-state index is 14.0. The highest BCUT2D eigenvalue weighted by Crippen LogP contribution is 2.51. The monoisotopic (exact) mass is 791 g/mol. The Bertz CT molecular complexity index is 1320. The molecule has 0 spiro atoms. The van der Waals surface area contributed by atoms with Gasteiger partial charge in [0.15, 0.2) is 25.1 Å². The van der Waals surface area contributed by atoms with E-state index in [1.807, 2.05) is 30.3 Å². The first-order valence-electron chi connectivity index (χ1n) is 18.2. The highest BCUT2D eigenvalue weighted by atomic mass is 28.4. The summed E-state index contributed by atoms with van der Waals surface area (Å²) in [5, 5.41) is 25.0. The Balaban J connectivity index is 0.000000172. The minimum Gasteiger partial charge on any atom is -0.445 e. The molecule has 18 heteroatoms. The van der Waals surface area contributed by atoms with Gasteiger partial charge in [-0.1, -0.05) is 30.3 Å². The van der Waals surface area contributed by atoms with Crippen molar-refractivity contribution in [1.29, 1.82) is 0 Å². The fourth-order valence-corrected chi connectivity index (χ4v) is 10.4. The molecule has 0 aliphatic carbocycles. The predicted octanol–water partition coefficient (Wildman–Crippen LogP) is 7.49. The van der Waals surface area contributed by atoms with Crippen LogP contribution in [-0.4, -0.2) is 101 Å². The Kier molecular flexibility index (Phi) is 12.0. The lowest BCUT2D eigenvalue weighted by molar-refractivity contribution is -0.271. The van der Waals surface area contributed by atoms with E-state index in [9.17, 15) is 54.5 Å². The van der Waals surface area contributed by atoms with Gasteiger partial charge in [-0.05, 0) is 63.7 Å². The largest absolute Gasteiger partial charge is 0.445 e. The molecule has 0 aromatic heterocycles. The van der Waals surface area contributed by atoms with Crippen LogP contribution in [0.1, 0.15) is 82.6 Å². The van der Waals surface area contributed by atoms with Crippen molar-refractivity contribution >= 4 is 14.4 Å². The van der Waals surface area contributed by atoms with Crippen LogP contribution in [0.4, 0.5) is 44.3 Å². The van der Waals surface area contributed by atoms with E-state index in [-0.39, 0.29) is 69.3 Å². The summed E-state index contributed by atoms with van der Waals surface area (Å²) in [6.07, 6.45) is -11.0. The third-order valence-electron chi connectivity index (χ3n) is 11.2. The summed E-state index contributed by atoms with van der Waals surface area (Å²) in [5.74, 6) is 0. The number of alkyl halides is 9. The SMILES string of the molecule is C[Si](C)(C)OC1(C(F)(F)F)CC2CCC(C1)N2C(=O)OCc1ccccc1.OC1(C(F)(F)F)C[C@H]2CC[C@H](C1)N2.OC1(C(F)(F)F)C[C@H]2CC[C@H](C1)N2. The van der Waals surface area contributed by atoms with Gasteiger partial charge >= 0.3 is 24.6 Å². The fraction of sp³-hybridized carbons (Fsp3) is 0.800. The number of nitrogens with zero attached hydrogens (tertiary/aromatic N) is 1. The van der Waals surface area contributed by atoms with Crippen LogP contribution in [0, 0.1) is 0 Å². The zero-order chi connectivity index (χ0) is 39.3. The summed E-state index contributed by atoms with van der Waals surface area (Å²) in [4.78, 5) is 14.1. The molecule has 6 bridgehead atoms. The van der Waals surface area contributed by atoms with Gasteiger partial charge in [0.25, 0.3) is 0 Å². The smallest absolute Gasteiger partial charge is 0.417 e. The first kappa shape index (κ1) is 42.0. The number of ether oxygens (including phenoxy) is 1. The summed E-state index contributed by atoms with van der Waals surface area (Å²) in [6, 6.07) is 7.66. The van der Waals surface area contributed by atoms with Crippen LogP contribution in [0.25, 0.3) is 0 Å². The van der Waals surface area contributed by atoms with Gasteiger partial charge in [0, 0.05) is 74.8 Å². The lowest BCUT2D eigenvalue weighted by Crippen LogP contribution is -2.62. The van der Waals surface area contributed by atoms with Crippen molar-refractivity contribution in [2.45, 2.75) is 175 Å². The molecule has 6 atom stereocenters. The molecule has 7 rings (SSSR count). The quantitative estimate of drug-likeness (QED) is 0.185. The number of hydrogen-bond donors (Lipinski definition) is 4. The molecule has 0 saturated carbocycles. The summed E-state index contributed by atoms with van der Waals surface area (Å²) in [5.41, 5.74) is -6.19. The lowest BCUT2D eigenvalue weighted by atomic mass is 9.85. The van der Waals surface area contributed by atoms with Gasteiger partial charge in [0.1, 0.15) is 6.61 Å². The van der Waals surface area contributed by atoms with E-state index in [2.05, 4.69) is 10.6 Å². The predicted molar refractivity (Wildman–Crippen MR) is 178 cm³/mol. The topological polar surface area (TPSA) is 103 Å². The molecule has 2 unspecified atom stereocenters. The van der Waals surface area contributed by atoms with Crippen molar-refractivity contribution < 1.29 is 63.7 Å². The number of benzene rings is 1. The molecule has 6 heterocycles. The van der Waals surface area contributed by atoms with E-state index in [1.54, 1.807) is 19.6 Å². The molecule has 4 N–H and O–H groups in total. The number of halogens is 9. The van der Waals surface area contributed by atoms with Crippen molar-refractivity contribution in [2.75, 3.05) is 0 Å². The zero-order valence-electron chi connectivity index (χ0n) is 30.0. The molecule has 0 radical (unpaired) electrons. The Hall–Kier alpha value is -2.12. The van der Waals surface area contributed by atoms with Crippen molar-refractivity contribution in [2.24, 2.45) is 0 Å². The fourth-order valence-electron chi connectivity index (χ4n) is 8.97. The molecule has 1 aromatic carbocycles. The number of rotatable bonds is 4. The standard InChI is InChI=1S/C19H26F3NO3Si.2C8H12F3NO/c1-27(2,3)26-18(19(20,21)22)11-15-9-10-16(12-18)23(15)17(24)25-13-14-7-5-4-6-8-14;2*9-8(10,11)7(13)3-5-1-2-6(4-7)12-5/h4-8,15-16H,9-13H2,1-3H3;2*5-6,12-13H,1-4H2/t;2*5-,6-/m.11/s1. The van der Waals surface area contributed by atoms with Crippen molar-refractivity contribution in [3.8, 4) is 0 Å². The van der Waals surface area contributed by atoms with Crippen LogP contribution >= 0.6 is 0 Å². The van der Waals surface area contributed by atoms with Crippen LogP contribution in [-0.2, 0) is 15.8 Å². The van der Waals surface area contributed by atoms with E-state index < -0.39 is 61.8 Å². The van der Waals surface area contributed by atoms with Crippen LogP contribution in [0.15, 0.2) is 30.3 Å². The normalized spacial score (nSPS) is 36.6. The van der Waals surface area contributed by atoms with E-state index >= 15 is 0 Å². The molecule has 53 heavy (non-hydrogen) atoms. The first-order chi connectivity index (χ1) is 24.3. The number of nitrogens with one attached hydrogen (secondary N) is 2. The Morgan fingerprint density at radius 3 is 1.43 bits per heavy atom. The Morgan fingerprint density at radius 1 is 0.698 bits per heavy atom. The Labute approximate surface area is 304 Å². The summed E-state index contributed by atoms with van der Waals surface area (Å²) in [6.45, 7) is 5.42. The summed E-state index contributed by atoms with van der Waals surface area (Å²) < 4.78 is 127. The number of hydrogen-bond acceptors (Lipinski definition) is 7. The third-order valence-corrected chi connectivity index (χ3v) is 12.2. The van der Waals surface area contributed by atoms with Gasteiger partial charge < -0.3 is 34.9 Å². The van der Waals surface area contributed by atoms with E-state index in [0.717, 1.165) is 31.2 Å². The molecular formula is C35H50F9N3O5Si. The zero-order valence-corrected chi connectivity index (χ0v) is 31.0. The third kappa shape index (κ3) is 9.64. The maximum absolute atomic E-state index is 14.0. The number of carbonyl (C=O) groups excluding carboxylic acids is 1. The highest BCUT2D eigenvalue weighted by Gasteiger charge is 2.64. The number of piperidine rings is 3. The molecule has 6 fully saturated rings. The molecule has 6 aliphatic rings. The van der Waals surface area contributed by atoms with E-state index in [0.29, 0.717) is 12.8 Å². The molecule has 1 aromatic rings. The minimum atomic E-state index is -4.48. The number of aliphatic hydroxyl groups is 2. The second kappa shape index (κ2) is 15.1. The van der Waals surface area contributed by atoms with Gasteiger partial charge in [-0.3, -0.25) is 0 Å². The van der Waals surface area contributed by atoms with E-state index in [1.165, 1.54) is 4.90 Å². The van der Waals surface area contributed by atoms with Gasteiger partial charge in [-0.25, -0.2) is 4.79 Å².